The summed E-state index contributed by atoms with van der Waals surface area (Å²) in [5.74, 6) is -0.429. The van der Waals surface area contributed by atoms with Crippen molar-refractivity contribution in [1.82, 2.24) is 0 Å². The highest BCUT2D eigenvalue weighted by Gasteiger charge is 2.35. The van der Waals surface area contributed by atoms with E-state index in [0.717, 1.165) is 12.0 Å². The number of benzene rings is 1. The van der Waals surface area contributed by atoms with Crippen LogP contribution >= 0.6 is 0 Å². The minimum atomic E-state index is -3.89. The van der Waals surface area contributed by atoms with Crippen molar-refractivity contribution in [1.29, 1.82) is 0 Å². The Morgan fingerprint density at radius 3 is 2.32 bits per heavy atom. The lowest BCUT2D eigenvalue weighted by Crippen LogP contribution is -2.44. The molecular weight excluding hydrogens is 272 g/mol. The summed E-state index contributed by atoms with van der Waals surface area (Å²) in [6, 6.07) is 6.40. The Bertz CT molecular complexity index is 542. The highest BCUT2D eigenvalue weighted by Crippen LogP contribution is 2.41. The number of alkyl halides is 2. The molecule has 106 valence electrons. The molecule has 1 fully saturated rings. The van der Waals surface area contributed by atoms with Crippen molar-refractivity contribution >= 4 is 9.84 Å². The SMILES string of the molecule is CC1C(N)CC1c1ccc(S(=O)(=O)CC(F)F)cc1. The van der Waals surface area contributed by atoms with Crippen molar-refractivity contribution < 1.29 is 17.2 Å². The Morgan fingerprint density at radius 2 is 1.89 bits per heavy atom. The molecular formula is C13H17F2NO2S. The van der Waals surface area contributed by atoms with Crippen molar-refractivity contribution in [3.8, 4) is 0 Å². The standard InChI is InChI=1S/C13H17F2NO2S/c1-8-11(6-12(8)16)9-2-4-10(5-3-9)19(17,18)7-13(14)15/h2-5,8,11-13H,6-7,16H2,1H3. The molecule has 0 aromatic heterocycles. The van der Waals surface area contributed by atoms with E-state index in [0.29, 0.717) is 11.8 Å². The van der Waals surface area contributed by atoms with Crippen LogP contribution in [0.25, 0.3) is 0 Å². The molecule has 2 N–H and O–H groups in total. The summed E-state index contributed by atoms with van der Waals surface area (Å²) < 4.78 is 47.6. The van der Waals surface area contributed by atoms with E-state index in [9.17, 15) is 17.2 Å². The fourth-order valence-electron chi connectivity index (χ4n) is 2.45. The van der Waals surface area contributed by atoms with Gasteiger partial charge in [-0.15, -0.1) is 0 Å². The second-order valence-electron chi connectivity index (χ2n) is 5.11. The van der Waals surface area contributed by atoms with E-state index in [2.05, 4.69) is 6.92 Å². The molecule has 3 nitrogen and oxygen atoms in total. The predicted octanol–water partition coefficient (Wildman–Crippen LogP) is 2.18. The lowest BCUT2D eigenvalue weighted by molar-refractivity contribution is 0.174. The summed E-state index contributed by atoms with van der Waals surface area (Å²) in [5, 5.41) is 0. The molecule has 0 spiro atoms. The maximum atomic E-state index is 12.2. The molecule has 3 unspecified atom stereocenters. The van der Waals surface area contributed by atoms with Crippen LogP contribution in [0.2, 0.25) is 0 Å². The van der Waals surface area contributed by atoms with Gasteiger partial charge in [0, 0.05) is 6.04 Å². The monoisotopic (exact) mass is 289 g/mol. The number of hydrogen-bond acceptors (Lipinski definition) is 3. The van der Waals surface area contributed by atoms with E-state index >= 15 is 0 Å². The lowest BCUT2D eigenvalue weighted by atomic mass is 9.67. The third-order valence-corrected chi connectivity index (χ3v) is 5.53. The summed E-state index contributed by atoms with van der Waals surface area (Å²) >= 11 is 0. The van der Waals surface area contributed by atoms with Gasteiger partial charge in [0.2, 0.25) is 0 Å². The minimum absolute atomic E-state index is 0.0483. The van der Waals surface area contributed by atoms with Crippen LogP contribution in [-0.4, -0.2) is 26.6 Å². The second-order valence-corrected chi connectivity index (χ2v) is 7.14. The number of sulfone groups is 1. The van der Waals surface area contributed by atoms with Gasteiger partial charge in [0.05, 0.1) is 4.90 Å². The fourth-order valence-corrected chi connectivity index (χ4v) is 3.52. The summed E-state index contributed by atoms with van der Waals surface area (Å²) in [6.45, 7) is 2.06. The van der Waals surface area contributed by atoms with E-state index in [1.807, 2.05) is 0 Å². The summed E-state index contributed by atoms with van der Waals surface area (Å²) in [6.07, 6.45) is -1.97. The van der Waals surface area contributed by atoms with E-state index in [1.165, 1.54) is 12.1 Å². The Hall–Kier alpha value is -1.01. The predicted molar refractivity (Wildman–Crippen MR) is 69.0 cm³/mol. The van der Waals surface area contributed by atoms with Crippen LogP contribution in [0.5, 0.6) is 0 Å². The Labute approximate surface area is 111 Å². The molecule has 6 heteroatoms. The van der Waals surface area contributed by atoms with Gasteiger partial charge in [-0.2, -0.15) is 0 Å². The van der Waals surface area contributed by atoms with Gasteiger partial charge in [-0.3, -0.25) is 0 Å². The van der Waals surface area contributed by atoms with E-state index in [1.54, 1.807) is 12.1 Å². The molecule has 1 aromatic carbocycles. The molecule has 0 heterocycles. The second kappa shape index (κ2) is 5.17. The smallest absolute Gasteiger partial charge is 0.252 e. The third kappa shape index (κ3) is 2.95. The molecule has 1 aliphatic rings. The molecule has 1 aliphatic carbocycles. The Morgan fingerprint density at radius 1 is 1.32 bits per heavy atom. The summed E-state index contributed by atoms with van der Waals surface area (Å²) in [7, 11) is -3.89. The van der Waals surface area contributed by atoms with Crippen molar-refractivity contribution in [2.24, 2.45) is 11.7 Å². The molecule has 3 atom stereocenters. The van der Waals surface area contributed by atoms with E-state index < -0.39 is 22.0 Å². The highest BCUT2D eigenvalue weighted by molar-refractivity contribution is 7.91. The van der Waals surface area contributed by atoms with Gasteiger partial charge < -0.3 is 5.73 Å². The van der Waals surface area contributed by atoms with E-state index in [-0.39, 0.29) is 10.9 Å². The first-order chi connectivity index (χ1) is 8.81. The van der Waals surface area contributed by atoms with Gasteiger partial charge in [-0.25, -0.2) is 17.2 Å². The number of halogens is 2. The Balaban J connectivity index is 2.15. The summed E-state index contributed by atoms with van der Waals surface area (Å²) in [4.78, 5) is -0.0483. The van der Waals surface area contributed by atoms with Crippen LogP contribution in [0, 0.1) is 5.92 Å². The van der Waals surface area contributed by atoms with Gasteiger partial charge in [0.1, 0.15) is 5.75 Å². The maximum absolute atomic E-state index is 12.2. The van der Waals surface area contributed by atoms with Crippen LogP contribution in [0.15, 0.2) is 29.2 Å². The van der Waals surface area contributed by atoms with Gasteiger partial charge in [0.15, 0.2) is 9.84 Å². The molecule has 0 amide bonds. The molecule has 0 aliphatic heterocycles. The van der Waals surface area contributed by atoms with Crippen LogP contribution in [0.4, 0.5) is 8.78 Å². The lowest BCUT2D eigenvalue weighted by Gasteiger charge is -2.40. The molecule has 0 bridgehead atoms. The zero-order valence-corrected chi connectivity index (χ0v) is 11.4. The minimum Gasteiger partial charge on any atom is -0.327 e. The first-order valence-electron chi connectivity index (χ1n) is 6.17. The quantitative estimate of drug-likeness (QED) is 0.924. The first-order valence-corrected chi connectivity index (χ1v) is 7.83. The number of hydrogen-bond donors (Lipinski definition) is 1. The van der Waals surface area contributed by atoms with E-state index in [4.69, 9.17) is 5.73 Å². The third-order valence-electron chi connectivity index (χ3n) is 3.85. The number of nitrogens with two attached hydrogens (primary N) is 1. The molecule has 19 heavy (non-hydrogen) atoms. The topological polar surface area (TPSA) is 60.2 Å². The van der Waals surface area contributed by atoms with Crippen LogP contribution in [0.1, 0.15) is 24.8 Å². The zero-order valence-electron chi connectivity index (χ0n) is 10.6. The van der Waals surface area contributed by atoms with Crippen molar-refractivity contribution in [3.05, 3.63) is 29.8 Å². The average molecular weight is 289 g/mol. The fraction of sp³-hybridized carbons (Fsp3) is 0.538. The number of rotatable bonds is 4. The van der Waals surface area contributed by atoms with Crippen molar-refractivity contribution in [2.45, 2.75) is 36.6 Å². The largest absolute Gasteiger partial charge is 0.327 e. The zero-order chi connectivity index (χ0) is 14.2. The van der Waals surface area contributed by atoms with Gasteiger partial charge >= 0.3 is 0 Å². The van der Waals surface area contributed by atoms with Crippen LogP contribution in [0.3, 0.4) is 0 Å². The molecule has 1 saturated carbocycles. The van der Waals surface area contributed by atoms with Crippen LogP contribution in [-0.2, 0) is 9.84 Å². The molecule has 0 saturated heterocycles. The first kappa shape index (κ1) is 14.4. The summed E-state index contributed by atoms with van der Waals surface area (Å²) in [5.41, 5.74) is 6.84. The Kier molecular flexibility index (Phi) is 3.92. The average Bonchev–Trinajstić information content (AvgIpc) is 2.34. The van der Waals surface area contributed by atoms with Gasteiger partial charge in [-0.1, -0.05) is 19.1 Å². The highest BCUT2D eigenvalue weighted by atomic mass is 32.2. The maximum Gasteiger partial charge on any atom is 0.252 e. The van der Waals surface area contributed by atoms with Crippen molar-refractivity contribution in [3.63, 3.8) is 0 Å². The molecule has 2 rings (SSSR count). The van der Waals surface area contributed by atoms with Gasteiger partial charge in [-0.05, 0) is 36.0 Å². The molecule has 0 radical (unpaired) electrons. The normalized spacial score (nSPS) is 27.3. The van der Waals surface area contributed by atoms with Gasteiger partial charge in [0.25, 0.3) is 6.43 Å². The van der Waals surface area contributed by atoms with Crippen LogP contribution < -0.4 is 5.73 Å². The molecule has 1 aromatic rings. The van der Waals surface area contributed by atoms with Crippen molar-refractivity contribution in [2.75, 3.05) is 5.75 Å².